The molecule has 0 aromatic rings. The highest BCUT2D eigenvalue weighted by Crippen LogP contribution is 2.45. The standard InChI is InChI=1S/C15H26O2/c1-2-10-5-3-4-6-12(10)15(16)13-9-11-7-8-14(13)17-11/h10-16H,2-9H2,1H3. The van der Waals surface area contributed by atoms with Gasteiger partial charge in [-0.25, -0.2) is 0 Å². The lowest BCUT2D eigenvalue weighted by atomic mass is 9.69. The summed E-state index contributed by atoms with van der Waals surface area (Å²) in [5.74, 6) is 1.77. The summed E-state index contributed by atoms with van der Waals surface area (Å²) in [6.45, 7) is 2.28. The summed E-state index contributed by atoms with van der Waals surface area (Å²) >= 11 is 0. The molecule has 1 saturated carbocycles. The van der Waals surface area contributed by atoms with Crippen LogP contribution in [-0.4, -0.2) is 23.4 Å². The third-order valence-corrected chi connectivity index (χ3v) is 5.52. The van der Waals surface area contributed by atoms with Crippen LogP contribution in [0.25, 0.3) is 0 Å². The molecule has 2 saturated heterocycles. The maximum atomic E-state index is 10.7. The second-order valence-electron chi connectivity index (χ2n) is 6.38. The van der Waals surface area contributed by atoms with Gasteiger partial charge in [0.05, 0.1) is 18.3 Å². The second-order valence-corrected chi connectivity index (χ2v) is 6.38. The van der Waals surface area contributed by atoms with E-state index in [4.69, 9.17) is 4.74 Å². The number of rotatable bonds is 3. The van der Waals surface area contributed by atoms with Crippen molar-refractivity contribution in [2.75, 3.05) is 0 Å². The van der Waals surface area contributed by atoms with Gasteiger partial charge in [-0.15, -0.1) is 0 Å². The van der Waals surface area contributed by atoms with Crippen LogP contribution < -0.4 is 0 Å². The van der Waals surface area contributed by atoms with Crippen LogP contribution in [-0.2, 0) is 4.74 Å². The first-order valence-corrected chi connectivity index (χ1v) is 7.63. The van der Waals surface area contributed by atoms with E-state index in [9.17, 15) is 5.11 Å². The molecule has 0 aromatic heterocycles. The average Bonchev–Trinajstić information content (AvgIpc) is 3.00. The molecule has 2 bridgehead atoms. The Hall–Kier alpha value is -0.0800. The lowest BCUT2D eigenvalue weighted by Gasteiger charge is -2.38. The fourth-order valence-electron chi connectivity index (χ4n) is 4.55. The van der Waals surface area contributed by atoms with Crippen LogP contribution in [0.4, 0.5) is 0 Å². The van der Waals surface area contributed by atoms with Crippen molar-refractivity contribution in [3.63, 3.8) is 0 Å². The Morgan fingerprint density at radius 3 is 2.59 bits per heavy atom. The van der Waals surface area contributed by atoms with E-state index in [1.165, 1.54) is 44.9 Å². The molecule has 2 heteroatoms. The van der Waals surface area contributed by atoms with Crippen molar-refractivity contribution in [3.8, 4) is 0 Å². The summed E-state index contributed by atoms with van der Waals surface area (Å²) in [4.78, 5) is 0. The van der Waals surface area contributed by atoms with Gasteiger partial charge in [-0.1, -0.05) is 32.6 Å². The summed E-state index contributed by atoms with van der Waals surface area (Å²) in [5, 5.41) is 10.7. The largest absolute Gasteiger partial charge is 0.392 e. The minimum atomic E-state index is -0.0875. The van der Waals surface area contributed by atoms with E-state index in [1.807, 2.05) is 0 Å². The first kappa shape index (κ1) is 12.0. The summed E-state index contributed by atoms with van der Waals surface area (Å²) in [6, 6.07) is 0. The molecule has 0 aromatic carbocycles. The maximum Gasteiger partial charge on any atom is 0.0633 e. The number of aliphatic hydroxyl groups excluding tert-OH is 1. The molecule has 3 fully saturated rings. The molecule has 3 rings (SSSR count). The van der Waals surface area contributed by atoms with E-state index in [0.29, 0.717) is 24.0 Å². The predicted octanol–water partition coefficient (Wildman–Crippen LogP) is 3.13. The van der Waals surface area contributed by atoms with Gasteiger partial charge in [-0.2, -0.15) is 0 Å². The van der Waals surface area contributed by atoms with E-state index in [0.717, 1.165) is 12.3 Å². The lowest BCUT2D eigenvalue weighted by Crippen LogP contribution is -2.39. The fourth-order valence-corrected chi connectivity index (χ4v) is 4.55. The minimum Gasteiger partial charge on any atom is -0.392 e. The molecule has 98 valence electrons. The molecule has 6 unspecified atom stereocenters. The fraction of sp³-hybridized carbons (Fsp3) is 1.00. The van der Waals surface area contributed by atoms with Crippen LogP contribution in [0.15, 0.2) is 0 Å². The van der Waals surface area contributed by atoms with Gasteiger partial charge in [-0.3, -0.25) is 0 Å². The monoisotopic (exact) mass is 238 g/mol. The molecule has 0 spiro atoms. The van der Waals surface area contributed by atoms with Gasteiger partial charge in [0.15, 0.2) is 0 Å². The molecule has 0 amide bonds. The summed E-state index contributed by atoms with van der Waals surface area (Å²) in [6.07, 6.45) is 10.8. The number of hydrogen-bond acceptors (Lipinski definition) is 2. The van der Waals surface area contributed by atoms with Crippen molar-refractivity contribution < 1.29 is 9.84 Å². The van der Waals surface area contributed by atoms with E-state index in [1.54, 1.807) is 0 Å². The minimum absolute atomic E-state index is 0.0875. The van der Waals surface area contributed by atoms with Crippen LogP contribution in [0.2, 0.25) is 0 Å². The maximum absolute atomic E-state index is 10.7. The zero-order chi connectivity index (χ0) is 11.8. The van der Waals surface area contributed by atoms with E-state index in [-0.39, 0.29) is 6.10 Å². The van der Waals surface area contributed by atoms with Crippen molar-refractivity contribution in [3.05, 3.63) is 0 Å². The highest BCUT2D eigenvalue weighted by molar-refractivity contribution is 4.96. The van der Waals surface area contributed by atoms with Gasteiger partial charge >= 0.3 is 0 Å². The number of hydrogen-bond donors (Lipinski definition) is 1. The topological polar surface area (TPSA) is 29.5 Å². The van der Waals surface area contributed by atoms with Gasteiger partial charge in [0, 0.05) is 5.92 Å². The molecule has 6 atom stereocenters. The molecule has 2 heterocycles. The van der Waals surface area contributed by atoms with Gasteiger partial charge in [-0.05, 0) is 37.5 Å². The molecule has 3 aliphatic rings. The Morgan fingerprint density at radius 2 is 1.94 bits per heavy atom. The molecular formula is C15H26O2. The van der Waals surface area contributed by atoms with Crippen molar-refractivity contribution in [1.82, 2.24) is 0 Å². The Labute approximate surface area is 105 Å². The molecule has 2 aliphatic heterocycles. The number of aliphatic hydroxyl groups is 1. The normalized spacial score (nSPS) is 47.3. The predicted molar refractivity (Wildman–Crippen MR) is 67.7 cm³/mol. The first-order chi connectivity index (χ1) is 8.29. The Bertz CT molecular complexity index is 266. The van der Waals surface area contributed by atoms with Gasteiger partial charge < -0.3 is 9.84 Å². The first-order valence-electron chi connectivity index (χ1n) is 7.63. The Kier molecular flexibility index (Phi) is 3.45. The van der Waals surface area contributed by atoms with Crippen molar-refractivity contribution in [2.45, 2.75) is 76.6 Å². The molecule has 0 radical (unpaired) electrons. The van der Waals surface area contributed by atoms with Gasteiger partial charge in [0.25, 0.3) is 0 Å². The zero-order valence-electron chi connectivity index (χ0n) is 11.0. The molecule has 1 N–H and O–H groups in total. The molecular weight excluding hydrogens is 212 g/mol. The highest BCUT2D eigenvalue weighted by atomic mass is 16.5. The van der Waals surface area contributed by atoms with Gasteiger partial charge in [0.1, 0.15) is 0 Å². The molecule has 17 heavy (non-hydrogen) atoms. The van der Waals surface area contributed by atoms with E-state index < -0.39 is 0 Å². The van der Waals surface area contributed by atoms with Crippen molar-refractivity contribution in [1.29, 1.82) is 0 Å². The number of fused-ring (bicyclic) bond motifs is 2. The third-order valence-electron chi connectivity index (χ3n) is 5.52. The average molecular weight is 238 g/mol. The smallest absolute Gasteiger partial charge is 0.0633 e. The SMILES string of the molecule is CCC1CCCCC1C(O)C1CC2CCC1O2. The number of ether oxygens (including phenoxy) is 1. The summed E-state index contributed by atoms with van der Waals surface area (Å²) in [5.41, 5.74) is 0. The molecule has 1 aliphatic carbocycles. The molecule has 2 nitrogen and oxygen atoms in total. The third kappa shape index (κ3) is 2.15. The van der Waals surface area contributed by atoms with Crippen molar-refractivity contribution >= 4 is 0 Å². The van der Waals surface area contributed by atoms with Gasteiger partial charge in [0.2, 0.25) is 0 Å². The van der Waals surface area contributed by atoms with Crippen LogP contribution >= 0.6 is 0 Å². The highest BCUT2D eigenvalue weighted by Gasteiger charge is 2.47. The van der Waals surface area contributed by atoms with E-state index in [2.05, 4.69) is 6.92 Å². The van der Waals surface area contributed by atoms with Crippen LogP contribution in [0.3, 0.4) is 0 Å². The lowest BCUT2D eigenvalue weighted by molar-refractivity contribution is -0.0213. The van der Waals surface area contributed by atoms with E-state index >= 15 is 0 Å². The quantitative estimate of drug-likeness (QED) is 0.818. The zero-order valence-corrected chi connectivity index (χ0v) is 11.0. The Morgan fingerprint density at radius 1 is 1.12 bits per heavy atom. The van der Waals surface area contributed by atoms with Crippen LogP contribution in [0.5, 0.6) is 0 Å². The van der Waals surface area contributed by atoms with Crippen LogP contribution in [0.1, 0.15) is 58.3 Å². The van der Waals surface area contributed by atoms with Crippen molar-refractivity contribution in [2.24, 2.45) is 17.8 Å². The second kappa shape index (κ2) is 4.89. The summed E-state index contributed by atoms with van der Waals surface area (Å²) < 4.78 is 5.91. The van der Waals surface area contributed by atoms with Crippen LogP contribution in [0, 0.1) is 17.8 Å². The Balaban J connectivity index is 1.66. The summed E-state index contributed by atoms with van der Waals surface area (Å²) in [7, 11) is 0.